The van der Waals surface area contributed by atoms with Crippen LogP contribution in [0.1, 0.15) is 43.9 Å². The summed E-state index contributed by atoms with van der Waals surface area (Å²) in [6.45, 7) is 3.99. The zero-order valence-corrected chi connectivity index (χ0v) is 13.4. The average molecular weight is 346 g/mol. The number of halogens is 5. The lowest BCUT2D eigenvalue weighted by molar-refractivity contribution is -0.137. The number of hydrogen-bond donors (Lipinski definition) is 2. The minimum Gasteiger partial charge on any atom is -0.391 e. The number of aliphatic hydroxyl groups excluding tert-OH is 1. The predicted molar refractivity (Wildman–Crippen MR) is 80.7 cm³/mol. The monoisotopic (exact) mass is 345 g/mol. The van der Waals surface area contributed by atoms with E-state index in [0.29, 0.717) is 12.3 Å². The summed E-state index contributed by atoms with van der Waals surface area (Å²) >= 11 is 5.89. The maximum Gasteiger partial charge on any atom is 0.416 e. The third kappa shape index (κ3) is 6.02. The van der Waals surface area contributed by atoms with Gasteiger partial charge in [0.2, 0.25) is 0 Å². The van der Waals surface area contributed by atoms with Crippen LogP contribution in [-0.4, -0.2) is 11.2 Å². The van der Waals surface area contributed by atoms with Gasteiger partial charge < -0.3 is 10.8 Å². The maximum absolute atomic E-state index is 12.7. The van der Waals surface area contributed by atoms with E-state index in [1.165, 1.54) is 0 Å². The van der Waals surface area contributed by atoms with Gasteiger partial charge in [0.25, 0.3) is 0 Å². The molecule has 1 aromatic carbocycles. The van der Waals surface area contributed by atoms with Crippen molar-refractivity contribution in [3.05, 3.63) is 34.3 Å². The van der Waals surface area contributed by atoms with E-state index in [0.717, 1.165) is 24.6 Å². The Hall–Kier alpha value is -0.490. The van der Waals surface area contributed by atoms with Crippen LogP contribution in [0.15, 0.2) is 18.2 Å². The first-order chi connectivity index (χ1) is 9.12. The van der Waals surface area contributed by atoms with Gasteiger partial charge >= 0.3 is 6.18 Å². The summed E-state index contributed by atoms with van der Waals surface area (Å²) < 4.78 is 38.0. The van der Waals surface area contributed by atoms with Crippen molar-refractivity contribution >= 4 is 24.0 Å². The van der Waals surface area contributed by atoms with E-state index >= 15 is 0 Å². The summed E-state index contributed by atoms with van der Waals surface area (Å²) in [6, 6.07) is 2.04. The van der Waals surface area contributed by atoms with Crippen LogP contribution in [0.5, 0.6) is 0 Å². The standard InChI is InChI=1S/C14H19ClF3NO.ClH/c1-8(2)3-6-12(20)13(19)10-7-9(14(16,17)18)4-5-11(10)15;/h4-5,7-8,12-13,20H,3,6,19H2,1-2H3;1H/t12-,13+;/m0./s1. The Kier molecular flexibility index (Phi) is 8.03. The molecule has 2 nitrogen and oxygen atoms in total. The van der Waals surface area contributed by atoms with E-state index in [1.54, 1.807) is 0 Å². The number of rotatable bonds is 5. The Morgan fingerprint density at radius 1 is 1.24 bits per heavy atom. The zero-order valence-electron chi connectivity index (χ0n) is 11.8. The van der Waals surface area contributed by atoms with Gasteiger partial charge in [-0.1, -0.05) is 25.4 Å². The van der Waals surface area contributed by atoms with E-state index in [4.69, 9.17) is 17.3 Å². The Morgan fingerprint density at radius 2 is 1.81 bits per heavy atom. The summed E-state index contributed by atoms with van der Waals surface area (Å²) in [5.41, 5.74) is 5.14. The van der Waals surface area contributed by atoms with Gasteiger partial charge in [-0.3, -0.25) is 0 Å². The van der Waals surface area contributed by atoms with Crippen LogP contribution in [0.25, 0.3) is 0 Å². The summed E-state index contributed by atoms with van der Waals surface area (Å²) in [5.74, 6) is 0.383. The summed E-state index contributed by atoms with van der Waals surface area (Å²) in [5, 5.41) is 10.1. The largest absolute Gasteiger partial charge is 0.416 e. The Balaban J connectivity index is 0.00000400. The van der Waals surface area contributed by atoms with Gasteiger partial charge in [0, 0.05) is 5.02 Å². The zero-order chi connectivity index (χ0) is 15.5. The van der Waals surface area contributed by atoms with Gasteiger partial charge in [0.05, 0.1) is 17.7 Å². The third-order valence-electron chi connectivity index (χ3n) is 3.14. The highest BCUT2D eigenvalue weighted by molar-refractivity contribution is 6.31. The first kappa shape index (κ1) is 20.5. The Bertz CT molecular complexity index is 452. The molecule has 21 heavy (non-hydrogen) atoms. The molecular weight excluding hydrogens is 326 g/mol. The normalized spacial score (nSPS) is 14.7. The Morgan fingerprint density at radius 3 is 2.29 bits per heavy atom. The topological polar surface area (TPSA) is 46.2 Å². The van der Waals surface area contributed by atoms with Gasteiger partial charge in [-0.15, -0.1) is 12.4 Å². The van der Waals surface area contributed by atoms with Gasteiger partial charge in [0.15, 0.2) is 0 Å². The summed E-state index contributed by atoms with van der Waals surface area (Å²) in [6.07, 6.45) is -4.21. The van der Waals surface area contributed by atoms with Crippen LogP contribution in [-0.2, 0) is 6.18 Å². The average Bonchev–Trinajstić information content (AvgIpc) is 2.34. The molecule has 122 valence electrons. The van der Waals surface area contributed by atoms with Gasteiger partial charge in [-0.05, 0) is 42.5 Å². The minimum atomic E-state index is -4.46. The molecule has 7 heteroatoms. The summed E-state index contributed by atoms with van der Waals surface area (Å²) in [4.78, 5) is 0. The van der Waals surface area contributed by atoms with Crippen LogP contribution in [0.2, 0.25) is 5.02 Å². The number of nitrogens with two attached hydrogens (primary N) is 1. The quantitative estimate of drug-likeness (QED) is 0.820. The molecule has 0 radical (unpaired) electrons. The molecule has 0 saturated heterocycles. The molecule has 0 bridgehead atoms. The van der Waals surface area contributed by atoms with Crippen molar-refractivity contribution < 1.29 is 18.3 Å². The fraction of sp³-hybridized carbons (Fsp3) is 0.571. The molecule has 0 aliphatic carbocycles. The predicted octanol–water partition coefficient (Wildman–Crippen LogP) is 4.58. The van der Waals surface area contributed by atoms with Gasteiger partial charge in [-0.25, -0.2) is 0 Å². The second-order valence-electron chi connectivity index (χ2n) is 5.30. The van der Waals surface area contributed by atoms with Crippen LogP contribution < -0.4 is 5.73 Å². The van der Waals surface area contributed by atoms with Crippen molar-refractivity contribution in [2.45, 2.75) is 45.0 Å². The van der Waals surface area contributed by atoms with Crippen LogP contribution in [0.3, 0.4) is 0 Å². The first-order valence-corrected chi connectivity index (χ1v) is 6.81. The highest BCUT2D eigenvalue weighted by Crippen LogP contribution is 2.34. The van der Waals surface area contributed by atoms with Crippen molar-refractivity contribution in [2.75, 3.05) is 0 Å². The fourth-order valence-electron chi connectivity index (χ4n) is 1.87. The molecule has 0 spiro atoms. The van der Waals surface area contributed by atoms with Gasteiger partial charge in [-0.2, -0.15) is 13.2 Å². The molecule has 0 heterocycles. The van der Waals surface area contributed by atoms with Crippen molar-refractivity contribution in [1.29, 1.82) is 0 Å². The number of benzene rings is 1. The highest BCUT2D eigenvalue weighted by Gasteiger charge is 2.32. The molecule has 1 aromatic rings. The van der Waals surface area contributed by atoms with E-state index in [9.17, 15) is 18.3 Å². The van der Waals surface area contributed by atoms with E-state index < -0.39 is 23.9 Å². The summed E-state index contributed by atoms with van der Waals surface area (Å²) in [7, 11) is 0. The molecule has 0 aliphatic rings. The highest BCUT2D eigenvalue weighted by atomic mass is 35.5. The molecule has 0 unspecified atom stereocenters. The number of alkyl halides is 3. The van der Waals surface area contributed by atoms with Crippen LogP contribution >= 0.6 is 24.0 Å². The SMILES string of the molecule is CC(C)CC[C@H](O)[C@H](N)c1cc(C(F)(F)F)ccc1Cl.Cl. The lowest BCUT2D eigenvalue weighted by Gasteiger charge is -2.22. The molecule has 2 atom stereocenters. The van der Waals surface area contributed by atoms with E-state index in [2.05, 4.69) is 0 Å². The molecule has 3 N–H and O–H groups in total. The Labute approximate surface area is 133 Å². The first-order valence-electron chi connectivity index (χ1n) is 6.43. The van der Waals surface area contributed by atoms with E-state index in [-0.39, 0.29) is 23.0 Å². The maximum atomic E-state index is 12.7. The minimum absolute atomic E-state index is 0. The van der Waals surface area contributed by atoms with Crippen molar-refractivity contribution in [3.63, 3.8) is 0 Å². The lowest BCUT2D eigenvalue weighted by atomic mass is 9.95. The second-order valence-corrected chi connectivity index (χ2v) is 5.71. The molecule has 1 rings (SSSR count). The number of hydrogen-bond acceptors (Lipinski definition) is 2. The number of aliphatic hydroxyl groups is 1. The molecule has 0 aliphatic heterocycles. The van der Waals surface area contributed by atoms with Crippen LogP contribution in [0, 0.1) is 5.92 Å². The third-order valence-corrected chi connectivity index (χ3v) is 3.48. The molecule has 0 amide bonds. The van der Waals surface area contributed by atoms with Crippen molar-refractivity contribution in [1.82, 2.24) is 0 Å². The van der Waals surface area contributed by atoms with E-state index in [1.807, 2.05) is 13.8 Å². The van der Waals surface area contributed by atoms with Crippen molar-refractivity contribution in [3.8, 4) is 0 Å². The molecule has 0 fully saturated rings. The smallest absolute Gasteiger partial charge is 0.391 e. The fourth-order valence-corrected chi connectivity index (χ4v) is 2.11. The second kappa shape index (κ2) is 8.22. The van der Waals surface area contributed by atoms with Crippen molar-refractivity contribution in [2.24, 2.45) is 11.7 Å². The van der Waals surface area contributed by atoms with Crippen LogP contribution in [0.4, 0.5) is 13.2 Å². The lowest BCUT2D eigenvalue weighted by Crippen LogP contribution is -2.27. The van der Waals surface area contributed by atoms with Gasteiger partial charge in [0.1, 0.15) is 0 Å². The molecular formula is C14H20Cl2F3NO. The molecule has 0 aromatic heterocycles. The molecule has 0 saturated carbocycles.